The Morgan fingerprint density at radius 1 is 0.302 bits per heavy atom. The number of benzene rings is 8. The second-order valence-electron chi connectivity index (χ2n) is 17.4. The molecule has 0 atom stereocenters. The van der Waals surface area contributed by atoms with Gasteiger partial charge in [0.2, 0.25) is 5.75 Å². The molecule has 0 bridgehead atoms. The fourth-order valence-electron chi connectivity index (χ4n) is 7.43. The van der Waals surface area contributed by atoms with Crippen LogP contribution in [0.4, 0.5) is 0 Å². The molecule has 0 aliphatic heterocycles. The summed E-state index contributed by atoms with van der Waals surface area (Å²) in [5.41, 5.74) is 3.75. The lowest BCUT2D eigenvalue weighted by Crippen LogP contribution is -2.10. The first-order valence-electron chi connectivity index (χ1n) is 18.7. The van der Waals surface area contributed by atoms with Crippen LogP contribution in [0.5, 0.6) is 34.5 Å². The van der Waals surface area contributed by atoms with Crippen molar-refractivity contribution in [2.45, 2.75) is 78.6 Å². The van der Waals surface area contributed by atoms with Crippen molar-refractivity contribution in [1.82, 2.24) is 0 Å². The van der Waals surface area contributed by atoms with Gasteiger partial charge in [0.1, 0.15) is 17.2 Å². The maximum atomic E-state index is 7.13. The van der Waals surface area contributed by atoms with Crippen molar-refractivity contribution in [2.24, 2.45) is 0 Å². The van der Waals surface area contributed by atoms with Gasteiger partial charge in [0.25, 0.3) is 0 Å². The van der Waals surface area contributed by atoms with Crippen LogP contribution in [0, 0.1) is 0 Å². The molecule has 0 amide bonds. The summed E-state index contributed by atoms with van der Waals surface area (Å²) in [6, 6.07) is 44.8. The lowest BCUT2D eigenvalue weighted by Gasteiger charge is -2.24. The maximum Gasteiger partial charge on any atom is 0.213 e. The molecule has 0 saturated heterocycles. The molecule has 0 aliphatic rings. The summed E-state index contributed by atoms with van der Waals surface area (Å²) < 4.78 is 21.2. The minimum absolute atomic E-state index is 0.00903. The van der Waals surface area contributed by atoms with E-state index in [1.807, 2.05) is 12.1 Å². The number of ether oxygens (including phenoxy) is 3. The van der Waals surface area contributed by atoms with Gasteiger partial charge in [-0.2, -0.15) is 0 Å². The van der Waals surface area contributed by atoms with E-state index in [4.69, 9.17) is 14.2 Å². The predicted molar refractivity (Wildman–Crippen MR) is 223 cm³/mol. The molecule has 0 saturated carbocycles. The van der Waals surface area contributed by atoms with Crippen molar-refractivity contribution in [2.75, 3.05) is 0 Å². The monoisotopic (exact) mass is 696 g/mol. The van der Waals surface area contributed by atoms with Crippen LogP contribution in [-0.4, -0.2) is 0 Å². The van der Waals surface area contributed by atoms with Gasteiger partial charge in [0.05, 0.1) is 0 Å². The predicted octanol–water partition coefficient (Wildman–Crippen LogP) is 15.0. The smallest absolute Gasteiger partial charge is 0.213 e. The Morgan fingerprint density at radius 2 is 0.660 bits per heavy atom. The van der Waals surface area contributed by atoms with E-state index in [2.05, 4.69) is 178 Å². The van der Waals surface area contributed by atoms with Crippen LogP contribution in [0.2, 0.25) is 0 Å². The van der Waals surface area contributed by atoms with Gasteiger partial charge < -0.3 is 14.2 Å². The Balaban J connectivity index is 1.45. The number of fused-ring (bicyclic) bond motifs is 2. The van der Waals surface area contributed by atoms with Crippen LogP contribution in [0.1, 0.15) is 79.0 Å². The van der Waals surface area contributed by atoms with Crippen LogP contribution in [0.3, 0.4) is 0 Å². The van der Waals surface area contributed by atoms with E-state index in [-0.39, 0.29) is 16.2 Å². The Morgan fingerprint density at radius 3 is 1.11 bits per heavy atom. The molecule has 0 N–H and O–H groups in total. The summed E-state index contributed by atoms with van der Waals surface area (Å²) in [7, 11) is 0. The molecule has 0 spiro atoms. The molecule has 8 aromatic carbocycles. The number of hydrogen-bond donors (Lipinski definition) is 0. The van der Waals surface area contributed by atoms with Gasteiger partial charge in [-0.05, 0) is 96.3 Å². The van der Waals surface area contributed by atoms with Crippen molar-refractivity contribution in [3.8, 4) is 34.5 Å². The minimum Gasteiger partial charge on any atom is -0.453 e. The third-order valence-corrected chi connectivity index (χ3v) is 10.5. The highest BCUT2D eigenvalue weighted by molar-refractivity contribution is 6.35. The Kier molecular flexibility index (Phi) is 8.18. The number of hydrogen-bond acceptors (Lipinski definition) is 3. The topological polar surface area (TPSA) is 27.7 Å². The molecule has 8 aromatic rings. The summed E-state index contributed by atoms with van der Waals surface area (Å²) in [5.74, 6) is 3.93. The SMILES string of the molecule is CC(C)(C)c1ccc(Oc2c(Oc3ccc(C(C)(C)C)cc3)c3cccc4c5cccc6cccc(c(c2Oc2ccc(C(C)(C)C)cc2)c34)c65)cc1. The molecule has 0 unspecified atom stereocenters. The molecule has 0 aromatic heterocycles. The van der Waals surface area contributed by atoms with E-state index < -0.39 is 0 Å². The maximum absolute atomic E-state index is 7.13. The van der Waals surface area contributed by atoms with E-state index >= 15 is 0 Å². The first kappa shape index (κ1) is 34.5. The van der Waals surface area contributed by atoms with Gasteiger partial charge in [0.15, 0.2) is 11.5 Å². The molecule has 0 radical (unpaired) electrons. The first-order valence-corrected chi connectivity index (χ1v) is 18.7. The highest BCUT2D eigenvalue weighted by atomic mass is 16.5. The second kappa shape index (κ2) is 12.6. The molecule has 53 heavy (non-hydrogen) atoms. The van der Waals surface area contributed by atoms with Gasteiger partial charge >= 0.3 is 0 Å². The van der Waals surface area contributed by atoms with Crippen LogP contribution in [0.15, 0.2) is 127 Å². The molecule has 8 rings (SSSR count). The molecule has 0 fully saturated rings. The zero-order chi connectivity index (χ0) is 37.3. The average Bonchev–Trinajstić information content (AvgIpc) is 3.12. The quantitative estimate of drug-likeness (QED) is 0.128. The van der Waals surface area contributed by atoms with Gasteiger partial charge in [-0.15, -0.1) is 0 Å². The van der Waals surface area contributed by atoms with E-state index in [1.54, 1.807) is 0 Å². The summed E-state index contributed by atoms with van der Waals surface area (Å²) in [6.07, 6.45) is 0. The van der Waals surface area contributed by atoms with Crippen LogP contribution in [-0.2, 0) is 16.2 Å². The standard InChI is InChI=1S/C50H48O3/c1-48(2,3)32-19-25-35(26-20-32)51-45-41-18-12-16-39-38-15-10-13-31-14-11-17-40(42(31)38)44(43(39)41)46(52-36-27-21-33(22-28-36)49(4,5)6)47(45)53-37-29-23-34(24-30-37)50(7,8)9/h10-30H,1-9H3. The molecule has 3 heteroatoms. The van der Waals surface area contributed by atoms with Gasteiger partial charge in [-0.25, -0.2) is 0 Å². The summed E-state index contributed by atoms with van der Waals surface area (Å²) in [6.45, 7) is 20.0. The minimum atomic E-state index is 0.00903. The third-order valence-electron chi connectivity index (χ3n) is 10.5. The lowest BCUT2D eigenvalue weighted by molar-refractivity contribution is 0.391. The van der Waals surface area contributed by atoms with E-state index in [0.29, 0.717) is 23.0 Å². The first-order chi connectivity index (χ1) is 25.2. The van der Waals surface area contributed by atoms with Crippen molar-refractivity contribution in [3.05, 3.63) is 144 Å². The fraction of sp³-hybridized carbons (Fsp3) is 0.240. The highest BCUT2D eigenvalue weighted by Crippen LogP contribution is 2.56. The average molecular weight is 697 g/mol. The van der Waals surface area contributed by atoms with Gasteiger partial charge in [0, 0.05) is 16.2 Å². The summed E-state index contributed by atoms with van der Waals surface area (Å²) >= 11 is 0. The summed E-state index contributed by atoms with van der Waals surface area (Å²) in [5, 5.41) is 8.87. The highest BCUT2D eigenvalue weighted by Gasteiger charge is 2.28. The van der Waals surface area contributed by atoms with Crippen LogP contribution >= 0.6 is 0 Å². The van der Waals surface area contributed by atoms with Crippen LogP contribution < -0.4 is 14.2 Å². The molecular weight excluding hydrogens is 649 g/mol. The molecule has 3 nitrogen and oxygen atoms in total. The zero-order valence-electron chi connectivity index (χ0n) is 32.3. The van der Waals surface area contributed by atoms with Crippen molar-refractivity contribution >= 4 is 43.1 Å². The van der Waals surface area contributed by atoms with Crippen LogP contribution in [0.25, 0.3) is 43.1 Å². The van der Waals surface area contributed by atoms with E-state index in [9.17, 15) is 0 Å². The van der Waals surface area contributed by atoms with Crippen molar-refractivity contribution < 1.29 is 14.2 Å². The molecule has 0 aliphatic carbocycles. The van der Waals surface area contributed by atoms with E-state index in [0.717, 1.165) is 38.4 Å². The Hall–Kier alpha value is -5.54. The largest absolute Gasteiger partial charge is 0.453 e. The molecule has 266 valence electrons. The third kappa shape index (κ3) is 6.33. The van der Waals surface area contributed by atoms with E-state index in [1.165, 1.54) is 32.8 Å². The van der Waals surface area contributed by atoms with Gasteiger partial charge in [-0.1, -0.05) is 153 Å². The zero-order valence-corrected chi connectivity index (χ0v) is 32.3. The fourth-order valence-corrected chi connectivity index (χ4v) is 7.43. The second-order valence-corrected chi connectivity index (χ2v) is 17.4. The summed E-state index contributed by atoms with van der Waals surface area (Å²) in [4.78, 5) is 0. The lowest BCUT2D eigenvalue weighted by atomic mass is 9.87. The van der Waals surface area contributed by atoms with Crippen molar-refractivity contribution in [1.29, 1.82) is 0 Å². The van der Waals surface area contributed by atoms with Gasteiger partial charge in [-0.3, -0.25) is 0 Å². The number of rotatable bonds is 6. The molecule has 0 heterocycles. The normalized spacial score (nSPS) is 12.6. The van der Waals surface area contributed by atoms with Crippen molar-refractivity contribution in [3.63, 3.8) is 0 Å². The molecular formula is C50H48O3. The Labute approximate surface area is 313 Å². The Bertz CT molecular complexity index is 2590.